The summed E-state index contributed by atoms with van der Waals surface area (Å²) >= 11 is 2.72. The zero-order chi connectivity index (χ0) is 17.0. The van der Waals surface area contributed by atoms with Crippen molar-refractivity contribution in [3.05, 3.63) is 21.9 Å². The summed E-state index contributed by atoms with van der Waals surface area (Å²) in [5, 5.41) is 15.0. The van der Waals surface area contributed by atoms with Gasteiger partial charge in [-0.2, -0.15) is 0 Å². The van der Waals surface area contributed by atoms with E-state index in [1.807, 2.05) is 26.8 Å². The van der Waals surface area contributed by atoms with E-state index in [2.05, 4.69) is 20.8 Å². The van der Waals surface area contributed by atoms with E-state index in [0.29, 0.717) is 16.6 Å². The van der Waals surface area contributed by atoms with Crippen LogP contribution < -0.4 is 5.32 Å². The SMILES string of the molecule is CC(=O)NCc1ccc(C(=O)CSc2nnnn2C(C)(C)C)s1. The number of tetrazole rings is 1. The van der Waals surface area contributed by atoms with E-state index in [1.54, 1.807) is 10.7 Å². The minimum absolute atomic E-state index is 0.0255. The summed E-state index contributed by atoms with van der Waals surface area (Å²) < 4.78 is 1.71. The van der Waals surface area contributed by atoms with Crippen molar-refractivity contribution >= 4 is 34.8 Å². The first kappa shape index (κ1) is 17.6. The van der Waals surface area contributed by atoms with E-state index >= 15 is 0 Å². The van der Waals surface area contributed by atoms with Crippen LogP contribution in [0.4, 0.5) is 0 Å². The summed E-state index contributed by atoms with van der Waals surface area (Å²) in [6.07, 6.45) is 0. The molecule has 2 heterocycles. The molecule has 0 aliphatic rings. The molecule has 2 rings (SSSR count). The minimum atomic E-state index is -0.233. The molecule has 0 saturated carbocycles. The van der Waals surface area contributed by atoms with E-state index in [1.165, 1.54) is 30.0 Å². The quantitative estimate of drug-likeness (QED) is 0.632. The van der Waals surface area contributed by atoms with Crippen molar-refractivity contribution in [1.82, 2.24) is 25.5 Å². The number of amides is 1. The first-order valence-electron chi connectivity index (χ1n) is 7.05. The minimum Gasteiger partial charge on any atom is -0.351 e. The lowest BCUT2D eigenvalue weighted by Crippen LogP contribution is -2.24. The lowest BCUT2D eigenvalue weighted by Gasteiger charge is -2.19. The lowest BCUT2D eigenvalue weighted by atomic mass is 10.1. The molecule has 1 N–H and O–H groups in total. The number of thiophene rings is 1. The van der Waals surface area contributed by atoms with Crippen molar-refractivity contribution in [1.29, 1.82) is 0 Å². The fraction of sp³-hybridized carbons (Fsp3) is 0.500. The zero-order valence-electron chi connectivity index (χ0n) is 13.5. The van der Waals surface area contributed by atoms with Crippen molar-refractivity contribution in [3.63, 3.8) is 0 Å². The number of Topliss-reactive ketones (excluding diaryl/α,β-unsaturated/α-hetero) is 1. The van der Waals surface area contributed by atoms with Gasteiger partial charge in [0.2, 0.25) is 11.1 Å². The zero-order valence-corrected chi connectivity index (χ0v) is 15.1. The van der Waals surface area contributed by atoms with Gasteiger partial charge >= 0.3 is 0 Å². The van der Waals surface area contributed by atoms with Crippen LogP contribution in [0, 0.1) is 0 Å². The summed E-state index contributed by atoms with van der Waals surface area (Å²) in [5.41, 5.74) is -0.233. The van der Waals surface area contributed by atoms with E-state index in [-0.39, 0.29) is 23.0 Å². The molecule has 1 amide bonds. The van der Waals surface area contributed by atoms with Gasteiger partial charge in [-0.15, -0.1) is 16.4 Å². The second-order valence-electron chi connectivity index (χ2n) is 5.93. The molecule has 0 aliphatic heterocycles. The van der Waals surface area contributed by atoms with Gasteiger partial charge in [0.25, 0.3) is 0 Å². The summed E-state index contributed by atoms with van der Waals surface area (Å²) in [6.45, 7) is 7.92. The van der Waals surface area contributed by atoms with Crippen LogP contribution in [-0.4, -0.2) is 37.7 Å². The first-order chi connectivity index (χ1) is 10.8. The summed E-state index contributed by atoms with van der Waals surface area (Å²) in [7, 11) is 0. The highest BCUT2D eigenvalue weighted by atomic mass is 32.2. The van der Waals surface area contributed by atoms with Gasteiger partial charge < -0.3 is 5.32 Å². The number of aromatic nitrogens is 4. The fourth-order valence-electron chi connectivity index (χ4n) is 1.73. The number of carbonyl (C=O) groups is 2. The normalized spacial score (nSPS) is 11.5. The maximum atomic E-state index is 12.3. The third-order valence-corrected chi connectivity index (χ3v) is 4.90. The van der Waals surface area contributed by atoms with Gasteiger partial charge in [0, 0.05) is 11.8 Å². The molecule has 0 spiro atoms. The molecule has 0 bridgehead atoms. The largest absolute Gasteiger partial charge is 0.351 e. The molecule has 0 radical (unpaired) electrons. The van der Waals surface area contributed by atoms with Crippen molar-refractivity contribution in [2.75, 3.05) is 5.75 Å². The Morgan fingerprint density at radius 1 is 1.35 bits per heavy atom. The van der Waals surface area contributed by atoms with Crippen molar-refractivity contribution in [2.24, 2.45) is 0 Å². The smallest absolute Gasteiger partial charge is 0.217 e. The van der Waals surface area contributed by atoms with Crippen LogP contribution in [0.25, 0.3) is 0 Å². The van der Waals surface area contributed by atoms with Gasteiger partial charge in [0.05, 0.1) is 22.7 Å². The molecule has 23 heavy (non-hydrogen) atoms. The number of nitrogens with zero attached hydrogens (tertiary/aromatic N) is 4. The number of ketones is 1. The summed E-state index contributed by atoms with van der Waals surface area (Å²) in [6, 6.07) is 3.65. The second kappa shape index (κ2) is 7.22. The Balaban J connectivity index is 1.95. The van der Waals surface area contributed by atoms with Crippen LogP contribution in [0.1, 0.15) is 42.2 Å². The topological polar surface area (TPSA) is 89.8 Å². The lowest BCUT2D eigenvalue weighted by molar-refractivity contribution is -0.119. The Morgan fingerprint density at radius 3 is 2.74 bits per heavy atom. The van der Waals surface area contributed by atoms with Gasteiger partial charge in [-0.25, -0.2) is 4.68 Å². The van der Waals surface area contributed by atoms with Crippen LogP contribution in [0.15, 0.2) is 17.3 Å². The molecule has 0 aliphatic carbocycles. The molecule has 0 atom stereocenters. The Morgan fingerprint density at radius 2 is 2.09 bits per heavy atom. The molecule has 124 valence electrons. The fourth-order valence-corrected chi connectivity index (χ4v) is 3.64. The maximum absolute atomic E-state index is 12.3. The van der Waals surface area contributed by atoms with Crippen molar-refractivity contribution in [3.8, 4) is 0 Å². The molecular weight excluding hydrogens is 334 g/mol. The number of thioether (sulfide) groups is 1. The highest BCUT2D eigenvalue weighted by Gasteiger charge is 2.21. The van der Waals surface area contributed by atoms with Gasteiger partial charge in [-0.3, -0.25) is 9.59 Å². The Bertz CT molecular complexity index is 702. The summed E-state index contributed by atoms with van der Waals surface area (Å²) in [5.74, 6) is 0.213. The molecule has 9 heteroatoms. The van der Waals surface area contributed by atoms with Gasteiger partial charge in [0.15, 0.2) is 5.78 Å². The molecule has 0 aromatic carbocycles. The third-order valence-electron chi connectivity index (χ3n) is 2.86. The Labute approximate surface area is 142 Å². The first-order valence-corrected chi connectivity index (χ1v) is 8.85. The van der Waals surface area contributed by atoms with E-state index < -0.39 is 0 Å². The van der Waals surface area contributed by atoms with E-state index in [9.17, 15) is 9.59 Å². The van der Waals surface area contributed by atoms with Crippen LogP contribution in [0.2, 0.25) is 0 Å². The predicted molar refractivity (Wildman–Crippen MR) is 89.7 cm³/mol. The van der Waals surface area contributed by atoms with Gasteiger partial charge in [0.1, 0.15) is 0 Å². The average molecular weight is 353 g/mol. The number of nitrogens with one attached hydrogen (secondary N) is 1. The highest BCUT2D eigenvalue weighted by molar-refractivity contribution is 7.99. The summed E-state index contributed by atoms with van der Waals surface area (Å²) in [4.78, 5) is 24.8. The van der Waals surface area contributed by atoms with Gasteiger partial charge in [-0.1, -0.05) is 11.8 Å². The van der Waals surface area contributed by atoms with E-state index in [0.717, 1.165) is 4.88 Å². The molecule has 0 fully saturated rings. The monoisotopic (exact) mass is 353 g/mol. The molecule has 2 aromatic rings. The van der Waals surface area contributed by atoms with Gasteiger partial charge in [-0.05, 0) is 43.3 Å². The van der Waals surface area contributed by atoms with E-state index in [4.69, 9.17) is 0 Å². The van der Waals surface area contributed by atoms with Crippen molar-refractivity contribution < 1.29 is 9.59 Å². The van der Waals surface area contributed by atoms with Crippen LogP contribution >= 0.6 is 23.1 Å². The molecule has 0 unspecified atom stereocenters. The second-order valence-corrected chi connectivity index (χ2v) is 8.04. The highest BCUT2D eigenvalue weighted by Crippen LogP contribution is 2.24. The van der Waals surface area contributed by atoms with Crippen LogP contribution in [0.3, 0.4) is 0 Å². The molecule has 2 aromatic heterocycles. The number of hydrogen-bond donors (Lipinski definition) is 1. The number of rotatable bonds is 6. The van der Waals surface area contributed by atoms with Crippen LogP contribution in [0.5, 0.6) is 0 Å². The molecule has 0 saturated heterocycles. The molecule has 7 nitrogen and oxygen atoms in total. The molecular formula is C14H19N5O2S2. The Hall–Kier alpha value is -1.74. The maximum Gasteiger partial charge on any atom is 0.217 e. The number of hydrogen-bond acceptors (Lipinski definition) is 7. The predicted octanol–water partition coefficient (Wildman–Crippen LogP) is 2.10. The van der Waals surface area contributed by atoms with Crippen molar-refractivity contribution in [2.45, 2.75) is 44.9 Å². The Kier molecular flexibility index (Phi) is 5.53. The van der Waals surface area contributed by atoms with Crippen LogP contribution in [-0.2, 0) is 16.9 Å². The number of carbonyl (C=O) groups excluding carboxylic acids is 2. The third kappa shape index (κ3) is 4.87. The standard InChI is InChI=1S/C14H19N5O2S2/c1-9(20)15-7-10-5-6-12(23-10)11(21)8-22-13-16-17-18-19(13)14(2,3)4/h5-6H,7-8H2,1-4H3,(H,15,20). The average Bonchev–Trinajstić information content (AvgIpc) is 3.10.